The number of rotatable bonds is 3. The summed E-state index contributed by atoms with van der Waals surface area (Å²) in [6.45, 7) is 3.48. The summed E-state index contributed by atoms with van der Waals surface area (Å²) < 4.78 is 0. The average molecular weight is 241 g/mol. The number of carbonyl (C=O) groups is 3. The summed E-state index contributed by atoms with van der Waals surface area (Å²) in [5, 5.41) is 11.4. The van der Waals surface area contributed by atoms with Crippen LogP contribution in [-0.4, -0.2) is 65.5 Å². The van der Waals surface area contributed by atoms with Gasteiger partial charge in [-0.15, -0.1) is 6.58 Å². The Labute approximate surface area is 98.7 Å². The van der Waals surface area contributed by atoms with Gasteiger partial charge in [0.15, 0.2) is 0 Å². The van der Waals surface area contributed by atoms with Crippen molar-refractivity contribution in [2.24, 2.45) is 0 Å². The summed E-state index contributed by atoms with van der Waals surface area (Å²) in [6, 6.07) is -1.51. The molecule has 7 heteroatoms. The predicted octanol–water partition coefficient (Wildman–Crippen LogP) is -0.891. The molecule has 2 N–H and O–H groups in total. The maximum absolute atomic E-state index is 11.9. The topological polar surface area (TPSA) is 90.0 Å². The number of aliphatic carboxylic acids is 1. The van der Waals surface area contributed by atoms with Gasteiger partial charge in [-0.2, -0.15) is 0 Å². The van der Waals surface area contributed by atoms with Gasteiger partial charge in [-0.3, -0.25) is 9.69 Å². The smallest absolute Gasteiger partial charge is 0.328 e. The monoisotopic (exact) mass is 241 g/mol. The largest absolute Gasteiger partial charge is 0.480 e. The number of nitrogens with zero attached hydrogens (tertiary/aromatic N) is 2. The Balaban J connectivity index is 2.81. The Morgan fingerprint density at radius 2 is 2.35 bits per heavy atom. The van der Waals surface area contributed by atoms with Gasteiger partial charge in [-0.1, -0.05) is 6.08 Å². The molecule has 0 bridgehead atoms. The number of nitrogens with one attached hydrogen (secondary N) is 1. The van der Waals surface area contributed by atoms with Crippen LogP contribution in [0.2, 0.25) is 0 Å². The van der Waals surface area contributed by atoms with E-state index in [1.807, 2.05) is 0 Å². The van der Waals surface area contributed by atoms with Crippen molar-refractivity contribution in [1.29, 1.82) is 0 Å². The lowest BCUT2D eigenvalue weighted by Gasteiger charge is -2.35. The zero-order valence-electron chi connectivity index (χ0n) is 9.55. The molecule has 1 atom stereocenters. The molecule has 1 aliphatic heterocycles. The number of carboxylic acids is 1. The molecule has 0 spiro atoms. The summed E-state index contributed by atoms with van der Waals surface area (Å²) in [5.41, 5.74) is 0. The predicted molar refractivity (Wildman–Crippen MR) is 59.4 cm³/mol. The fourth-order valence-corrected chi connectivity index (χ4v) is 1.55. The van der Waals surface area contributed by atoms with E-state index in [0.717, 1.165) is 4.90 Å². The lowest BCUT2D eigenvalue weighted by Crippen LogP contribution is -2.61. The SMILES string of the molecule is C=CCN(C)C(=O)N1CC(=O)NCC1C(=O)O. The molecule has 7 nitrogen and oxygen atoms in total. The molecule has 1 aliphatic rings. The van der Waals surface area contributed by atoms with Gasteiger partial charge in [0, 0.05) is 20.1 Å². The second-order valence-electron chi connectivity index (χ2n) is 3.74. The molecule has 0 aromatic carbocycles. The van der Waals surface area contributed by atoms with Crippen molar-refractivity contribution in [2.45, 2.75) is 6.04 Å². The van der Waals surface area contributed by atoms with E-state index >= 15 is 0 Å². The van der Waals surface area contributed by atoms with Crippen LogP contribution in [0.1, 0.15) is 0 Å². The van der Waals surface area contributed by atoms with Gasteiger partial charge in [0.25, 0.3) is 0 Å². The first kappa shape index (κ1) is 13.0. The molecular formula is C10H15N3O4. The number of carboxylic acid groups (broad SMARTS) is 1. The first-order valence-corrected chi connectivity index (χ1v) is 5.09. The van der Waals surface area contributed by atoms with E-state index in [2.05, 4.69) is 11.9 Å². The van der Waals surface area contributed by atoms with Crippen LogP contribution >= 0.6 is 0 Å². The molecule has 0 aliphatic carbocycles. The third-order valence-corrected chi connectivity index (χ3v) is 2.44. The van der Waals surface area contributed by atoms with Crippen molar-refractivity contribution >= 4 is 17.9 Å². The van der Waals surface area contributed by atoms with E-state index in [1.165, 1.54) is 18.0 Å². The first-order chi connectivity index (χ1) is 7.97. The van der Waals surface area contributed by atoms with Gasteiger partial charge in [-0.05, 0) is 0 Å². The zero-order valence-corrected chi connectivity index (χ0v) is 9.55. The molecule has 1 saturated heterocycles. The van der Waals surface area contributed by atoms with Gasteiger partial charge >= 0.3 is 12.0 Å². The van der Waals surface area contributed by atoms with Crippen LogP contribution in [0.4, 0.5) is 4.79 Å². The Hall–Kier alpha value is -2.05. The lowest BCUT2D eigenvalue weighted by atomic mass is 10.2. The van der Waals surface area contributed by atoms with Crippen LogP contribution in [0, 0.1) is 0 Å². The van der Waals surface area contributed by atoms with Crippen molar-refractivity contribution in [3.8, 4) is 0 Å². The molecule has 1 fully saturated rings. The van der Waals surface area contributed by atoms with Crippen molar-refractivity contribution in [3.05, 3.63) is 12.7 Å². The highest BCUT2D eigenvalue weighted by Crippen LogP contribution is 2.07. The minimum absolute atomic E-state index is 0.0676. The second-order valence-corrected chi connectivity index (χ2v) is 3.74. The minimum Gasteiger partial charge on any atom is -0.480 e. The van der Waals surface area contributed by atoms with Crippen LogP contribution in [0.25, 0.3) is 0 Å². The minimum atomic E-state index is -1.13. The molecule has 0 aromatic heterocycles. The van der Waals surface area contributed by atoms with Crippen LogP contribution in [0.3, 0.4) is 0 Å². The first-order valence-electron chi connectivity index (χ1n) is 5.09. The summed E-state index contributed by atoms with van der Waals surface area (Å²) in [5.74, 6) is -1.49. The van der Waals surface area contributed by atoms with Gasteiger partial charge in [0.1, 0.15) is 12.6 Å². The van der Waals surface area contributed by atoms with Crippen LogP contribution in [0.15, 0.2) is 12.7 Å². The highest BCUT2D eigenvalue weighted by Gasteiger charge is 2.36. The number of hydrogen-bond donors (Lipinski definition) is 2. The number of amides is 3. The number of likely N-dealkylation sites (N-methyl/N-ethyl adjacent to an activating group) is 1. The van der Waals surface area contributed by atoms with E-state index in [-0.39, 0.29) is 19.0 Å². The fraction of sp³-hybridized carbons (Fsp3) is 0.500. The molecule has 17 heavy (non-hydrogen) atoms. The zero-order chi connectivity index (χ0) is 13.0. The Morgan fingerprint density at radius 1 is 1.71 bits per heavy atom. The standard InChI is InChI=1S/C10H15N3O4/c1-3-4-12(2)10(17)13-6-8(14)11-5-7(13)9(15)16/h3,7H,1,4-6H2,2H3,(H,11,14)(H,15,16). The Kier molecular flexibility index (Phi) is 4.08. The van der Waals surface area contributed by atoms with E-state index in [9.17, 15) is 14.4 Å². The van der Waals surface area contributed by atoms with Crippen LogP contribution in [0.5, 0.6) is 0 Å². The molecule has 0 radical (unpaired) electrons. The molecule has 0 saturated carbocycles. The summed E-state index contributed by atoms with van der Waals surface area (Å²) in [7, 11) is 1.52. The normalized spacial score (nSPS) is 19.5. The molecule has 1 rings (SSSR count). The highest BCUT2D eigenvalue weighted by atomic mass is 16.4. The van der Waals surface area contributed by atoms with E-state index in [4.69, 9.17) is 5.11 Å². The quantitative estimate of drug-likeness (QED) is 0.627. The van der Waals surface area contributed by atoms with Crippen molar-refractivity contribution < 1.29 is 19.5 Å². The Bertz CT molecular complexity index is 355. The van der Waals surface area contributed by atoms with Crippen LogP contribution < -0.4 is 5.32 Å². The molecule has 3 amide bonds. The van der Waals surface area contributed by atoms with Crippen molar-refractivity contribution in [2.75, 3.05) is 26.7 Å². The van der Waals surface area contributed by atoms with Crippen molar-refractivity contribution in [1.82, 2.24) is 15.1 Å². The van der Waals surface area contributed by atoms with E-state index < -0.39 is 18.0 Å². The Morgan fingerprint density at radius 3 is 2.88 bits per heavy atom. The van der Waals surface area contributed by atoms with Crippen LogP contribution in [-0.2, 0) is 9.59 Å². The van der Waals surface area contributed by atoms with E-state index in [1.54, 1.807) is 0 Å². The third kappa shape index (κ3) is 2.96. The van der Waals surface area contributed by atoms with E-state index in [0.29, 0.717) is 6.54 Å². The fourth-order valence-electron chi connectivity index (χ4n) is 1.55. The summed E-state index contributed by atoms with van der Waals surface area (Å²) >= 11 is 0. The molecule has 94 valence electrons. The average Bonchev–Trinajstić information content (AvgIpc) is 2.27. The lowest BCUT2D eigenvalue weighted by molar-refractivity contribution is -0.144. The third-order valence-electron chi connectivity index (χ3n) is 2.44. The number of carbonyl (C=O) groups excluding carboxylic acids is 2. The maximum atomic E-state index is 11.9. The molecule has 0 aromatic rings. The van der Waals surface area contributed by atoms with Gasteiger partial charge < -0.3 is 15.3 Å². The van der Waals surface area contributed by atoms with Crippen molar-refractivity contribution in [3.63, 3.8) is 0 Å². The van der Waals surface area contributed by atoms with Gasteiger partial charge in [-0.25, -0.2) is 9.59 Å². The summed E-state index contributed by atoms with van der Waals surface area (Å²) in [4.78, 5) is 36.4. The number of urea groups is 1. The number of piperazine rings is 1. The molecule has 1 unspecified atom stereocenters. The second kappa shape index (κ2) is 5.33. The van der Waals surface area contributed by atoms with Gasteiger partial charge in [0.05, 0.1) is 0 Å². The number of hydrogen-bond acceptors (Lipinski definition) is 3. The highest BCUT2D eigenvalue weighted by molar-refractivity contribution is 5.90. The maximum Gasteiger partial charge on any atom is 0.328 e. The summed E-state index contributed by atoms with van der Waals surface area (Å²) in [6.07, 6.45) is 1.53. The van der Waals surface area contributed by atoms with Gasteiger partial charge in [0.2, 0.25) is 5.91 Å². The molecular weight excluding hydrogens is 226 g/mol. The molecule has 1 heterocycles.